The van der Waals surface area contributed by atoms with Gasteiger partial charge in [0.25, 0.3) is 0 Å². The summed E-state index contributed by atoms with van der Waals surface area (Å²) in [6, 6.07) is 0. The van der Waals surface area contributed by atoms with E-state index in [1.165, 1.54) is 25.7 Å². The van der Waals surface area contributed by atoms with Gasteiger partial charge in [0.15, 0.2) is 0 Å². The fourth-order valence-electron chi connectivity index (χ4n) is 3.04. The van der Waals surface area contributed by atoms with Crippen molar-refractivity contribution in [2.45, 2.75) is 70.8 Å². The largest absolute Gasteiger partial charge is 0.272 e. The average Bonchev–Trinajstić information content (AvgIpc) is 2.97. The molecule has 0 radical (unpaired) electrons. The maximum atomic E-state index is 12.1. The minimum Gasteiger partial charge on any atom is -0.272 e. The molecule has 3 nitrogen and oxygen atoms in total. The molecule has 0 heterocycles. The molecule has 1 N–H and O–H groups in total. The third-order valence-electron chi connectivity index (χ3n) is 4.34. The van der Waals surface area contributed by atoms with Gasteiger partial charge in [-0.3, -0.25) is 9.63 Å². The van der Waals surface area contributed by atoms with E-state index in [-0.39, 0.29) is 17.4 Å². The normalized spacial score (nSPS) is 24.8. The molecule has 0 unspecified atom stereocenters. The maximum Gasteiger partial charge on any atom is 0.249 e. The van der Waals surface area contributed by atoms with Crippen molar-refractivity contribution >= 4 is 5.91 Å². The minimum atomic E-state index is -0.126. The fourth-order valence-corrected chi connectivity index (χ4v) is 3.04. The Balaban J connectivity index is 1.81. The molecule has 0 atom stereocenters. The molecule has 3 heteroatoms. The fraction of sp³-hybridized carbons (Fsp3) is 0.923. The molecule has 92 valence electrons. The topological polar surface area (TPSA) is 38.3 Å². The molecule has 0 aromatic heterocycles. The van der Waals surface area contributed by atoms with Crippen molar-refractivity contribution < 1.29 is 9.63 Å². The lowest BCUT2D eigenvalue weighted by atomic mass is 9.83. The number of carbonyl (C=O) groups excluding carboxylic acids is 1. The van der Waals surface area contributed by atoms with Gasteiger partial charge >= 0.3 is 0 Å². The van der Waals surface area contributed by atoms with Crippen LogP contribution in [0.3, 0.4) is 0 Å². The zero-order valence-electron chi connectivity index (χ0n) is 10.3. The molecule has 2 fully saturated rings. The summed E-state index contributed by atoms with van der Waals surface area (Å²) < 4.78 is 0. The van der Waals surface area contributed by atoms with Gasteiger partial charge in [-0.1, -0.05) is 32.6 Å². The number of hydrogen-bond donors (Lipinski definition) is 1. The predicted molar refractivity (Wildman–Crippen MR) is 62.7 cm³/mol. The van der Waals surface area contributed by atoms with Crippen molar-refractivity contribution in [1.82, 2.24) is 5.48 Å². The summed E-state index contributed by atoms with van der Waals surface area (Å²) in [6.45, 7) is 2.11. The third-order valence-corrected chi connectivity index (χ3v) is 4.34. The molecule has 2 aliphatic rings. The van der Waals surface area contributed by atoms with Gasteiger partial charge in [-0.25, -0.2) is 5.48 Å². The van der Waals surface area contributed by atoms with Gasteiger partial charge in [-0.2, -0.15) is 0 Å². The standard InChI is InChI=1S/C13H23NO2/c1-2-13(9-5-6-10-13)12(15)14-16-11-7-3-4-8-11/h11H,2-10H2,1H3,(H,14,15). The van der Waals surface area contributed by atoms with Crippen LogP contribution in [0.5, 0.6) is 0 Å². The van der Waals surface area contributed by atoms with Crippen LogP contribution in [-0.4, -0.2) is 12.0 Å². The molecule has 2 rings (SSSR count). The van der Waals surface area contributed by atoms with E-state index in [1.54, 1.807) is 0 Å². The van der Waals surface area contributed by atoms with Crippen LogP contribution < -0.4 is 5.48 Å². The molecule has 2 aliphatic carbocycles. The molecule has 1 amide bonds. The second kappa shape index (κ2) is 5.17. The van der Waals surface area contributed by atoms with E-state index in [2.05, 4.69) is 12.4 Å². The molecular weight excluding hydrogens is 202 g/mol. The van der Waals surface area contributed by atoms with Gasteiger partial charge in [-0.15, -0.1) is 0 Å². The van der Waals surface area contributed by atoms with Crippen LogP contribution in [0.1, 0.15) is 64.7 Å². The average molecular weight is 225 g/mol. The Morgan fingerprint density at radius 3 is 2.44 bits per heavy atom. The van der Waals surface area contributed by atoms with Crippen LogP contribution in [0.4, 0.5) is 0 Å². The first kappa shape index (κ1) is 11.9. The molecule has 0 spiro atoms. The summed E-state index contributed by atoms with van der Waals surface area (Å²) in [5, 5.41) is 0. The van der Waals surface area contributed by atoms with Crippen molar-refractivity contribution in [3.05, 3.63) is 0 Å². The lowest BCUT2D eigenvalue weighted by Crippen LogP contribution is -2.40. The van der Waals surface area contributed by atoms with Crippen LogP contribution in [-0.2, 0) is 9.63 Å². The summed E-state index contributed by atoms with van der Waals surface area (Å²) in [6.07, 6.45) is 10.3. The Morgan fingerprint density at radius 1 is 1.25 bits per heavy atom. The van der Waals surface area contributed by atoms with Crippen LogP contribution >= 0.6 is 0 Å². The van der Waals surface area contributed by atoms with Crippen LogP contribution in [0.25, 0.3) is 0 Å². The first-order valence-electron chi connectivity index (χ1n) is 6.73. The molecule has 2 saturated carbocycles. The lowest BCUT2D eigenvalue weighted by molar-refractivity contribution is -0.148. The van der Waals surface area contributed by atoms with Crippen molar-refractivity contribution in [2.24, 2.45) is 5.41 Å². The molecular formula is C13H23NO2. The zero-order valence-corrected chi connectivity index (χ0v) is 10.3. The summed E-state index contributed by atoms with van der Waals surface area (Å²) >= 11 is 0. The van der Waals surface area contributed by atoms with Crippen LogP contribution in [0.15, 0.2) is 0 Å². The second-order valence-electron chi connectivity index (χ2n) is 5.30. The molecule has 0 aromatic rings. The highest BCUT2D eigenvalue weighted by molar-refractivity contribution is 5.81. The van der Waals surface area contributed by atoms with Gasteiger partial charge < -0.3 is 0 Å². The highest BCUT2D eigenvalue weighted by Gasteiger charge is 2.39. The smallest absolute Gasteiger partial charge is 0.249 e. The van der Waals surface area contributed by atoms with Gasteiger partial charge in [0.1, 0.15) is 0 Å². The summed E-state index contributed by atoms with van der Waals surface area (Å²) in [5.41, 5.74) is 2.59. The van der Waals surface area contributed by atoms with E-state index in [0.717, 1.165) is 32.1 Å². The van der Waals surface area contributed by atoms with E-state index in [9.17, 15) is 4.79 Å². The molecule has 16 heavy (non-hydrogen) atoms. The highest BCUT2D eigenvalue weighted by atomic mass is 16.7. The first-order chi connectivity index (χ1) is 7.77. The Morgan fingerprint density at radius 2 is 1.88 bits per heavy atom. The Labute approximate surface area is 97.9 Å². The number of rotatable bonds is 4. The zero-order chi connectivity index (χ0) is 11.4. The SMILES string of the molecule is CCC1(C(=O)NOC2CCCC2)CCCC1. The number of amides is 1. The summed E-state index contributed by atoms with van der Waals surface area (Å²) in [7, 11) is 0. The van der Waals surface area contributed by atoms with E-state index in [1.807, 2.05) is 0 Å². The number of nitrogens with one attached hydrogen (secondary N) is 1. The Hall–Kier alpha value is -0.570. The molecule has 0 bridgehead atoms. The van der Waals surface area contributed by atoms with Gasteiger partial charge in [0.05, 0.1) is 11.5 Å². The van der Waals surface area contributed by atoms with Crippen LogP contribution in [0, 0.1) is 5.41 Å². The van der Waals surface area contributed by atoms with Gasteiger partial charge in [0.2, 0.25) is 5.91 Å². The number of hydrogen-bond acceptors (Lipinski definition) is 2. The second-order valence-corrected chi connectivity index (χ2v) is 5.30. The van der Waals surface area contributed by atoms with Crippen molar-refractivity contribution in [1.29, 1.82) is 0 Å². The number of hydroxylamine groups is 1. The predicted octanol–water partition coefficient (Wildman–Crippen LogP) is 2.95. The Bertz CT molecular complexity index is 240. The van der Waals surface area contributed by atoms with E-state index >= 15 is 0 Å². The van der Waals surface area contributed by atoms with Crippen molar-refractivity contribution in [2.75, 3.05) is 0 Å². The van der Waals surface area contributed by atoms with Crippen molar-refractivity contribution in [3.8, 4) is 0 Å². The molecule has 0 saturated heterocycles. The first-order valence-corrected chi connectivity index (χ1v) is 6.73. The summed E-state index contributed by atoms with van der Waals surface area (Å²) in [5.74, 6) is 0.124. The van der Waals surface area contributed by atoms with Crippen LogP contribution in [0.2, 0.25) is 0 Å². The van der Waals surface area contributed by atoms with Gasteiger partial charge in [-0.05, 0) is 32.1 Å². The maximum absolute atomic E-state index is 12.1. The van der Waals surface area contributed by atoms with Crippen molar-refractivity contribution in [3.63, 3.8) is 0 Å². The van der Waals surface area contributed by atoms with E-state index in [0.29, 0.717) is 0 Å². The monoisotopic (exact) mass is 225 g/mol. The van der Waals surface area contributed by atoms with E-state index in [4.69, 9.17) is 4.84 Å². The minimum absolute atomic E-state index is 0.124. The molecule has 0 aliphatic heterocycles. The highest BCUT2D eigenvalue weighted by Crippen LogP contribution is 2.41. The van der Waals surface area contributed by atoms with E-state index < -0.39 is 0 Å². The third kappa shape index (κ3) is 2.40. The Kier molecular flexibility index (Phi) is 3.85. The molecule has 0 aromatic carbocycles. The van der Waals surface area contributed by atoms with Gasteiger partial charge in [0, 0.05) is 0 Å². The quantitative estimate of drug-likeness (QED) is 0.747. The number of carbonyl (C=O) groups is 1. The lowest BCUT2D eigenvalue weighted by Gasteiger charge is -2.26. The summed E-state index contributed by atoms with van der Waals surface area (Å²) in [4.78, 5) is 17.6.